The molecule has 176 valence electrons. The first kappa shape index (κ1) is 25.0. The van der Waals surface area contributed by atoms with Crippen LogP contribution >= 0.6 is 0 Å². The minimum absolute atomic E-state index is 0.0390. The summed E-state index contributed by atoms with van der Waals surface area (Å²) < 4.78 is 0. The maximum atomic E-state index is 10.7. The largest absolute Gasteiger partial charge is 0.396 e. The van der Waals surface area contributed by atoms with Gasteiger partial charge < -0.3 is 15.5 Å². The van der Waals surface area contributed by atoms with E-state index >= 15 is 0 Å². The molecule has 1 fully saturated rings. The maximum Gasteiger partial charge on any atom is 0.0517 e. The zero-order chi connectivity index (χ0) is 23.5. The molecular weight excluding hydrogens is 394 g/mol. The fourth-order valence-electron chi connectivity index (χ4n) is 6.00. The highest BCUT2D eigenvalue weighted by atomic mass is 16.3. The lowest BCUT2D eigenvalue weighted by molar-refractivity contribution is 0.0812. The molecule has 1 saturated carbocycles. The van der Waals surface area contributed by atoms with Crippen molar-refractivity contribution in [1.82, 2.24) is 5.32 Å². The van der Waals surface area contributed by atoms with E-state index in [4.69, 9.17) is 0 Å². The molecule has 0 amide bonds. The minimum atomic E-state index is -0.175. The van der Waals surface area contributed by atoms with E-state index in [0.29, 0.717) is 12.0 Å². The predicted molar refractivity (Wildman–Crippen MR) is 134 cm³/mol. The number of aliphatic hydroxyl groups is 2. The normalized spacial score (nSPS) is 19.5. The maximum absolute atomic E-state index is 10.7. The Morgan fingerprint density at radius 1 is 0.750 bits per heavy atom. The number of nitrogens with one attached hydrogen (secondary N) is 1. The Bertz CT molecular complexity index is 867. The van der Waals surface area contributed by atoms with Gasteiger partial charge in [0.2, 0.25) is 0 Å². The zero-order valence-corrected chi connectivity index (χ0v) is 21.0. The van der Waals surface area contributed by atoms with Crippen molar-refractivity contribution >= 4 is 0 Å². The number of aryl methyl sites for hydroxylation is 4. The Labute approximate surface area is 195 Å². The summed E-state index contributed by atoms with van der Waals surface area (Å²) in [7, 11) is 0. The molecular formula is C29H43NO2. The molecule has 2 atom stereocenters. The van der Waals surface area contributed by atoms with Gasteiger partial charge in [0.25, 0.3) is 0 Å². The highest BCUT2D eigenvalue weighted by molar-refractivity contribution is 5.40. The van der Waals surface area contributed by atoms with Crippen molar-refractivity contribution in [3.63, 3.8) is 0 Å². The molecule has 2 unspecified atom stereocenters. The van der Waals surface area contributed by atoms with E-state index in [1.165, 1.54) is 33.4 Å². The van der Waals surface area contributed by atoms with E-state index in [1.54, 1.807) is 0 Å². The molecule has 1 aliphatic rings. The Morgan fingerprint density at radius 3 is 1.66 bits per heavy atom. The van der Waals surface area contributed by atoms with Crippen molar-refractivity contribution < 1.29 is 10.2 Å². The topological polar surface area (TPSA) is 52.5 Å². The molecule has 3 N–H and O–H groups in total. The average Bonchev–Trinajstić information content (AvgIpc) is 2.74. The Balaban J connectivity index is 1.97. The van der Waals surface area contributed by atoms with E-state index in [2.05, 4.69) is 83.3 Å². The molecule has 0 heterocycles. The number of aliphatic hydroxyl groups excluding tert-OH is 2. The first-order chi connectivity index (χ1) is 15.1. The van der Waals surface area contributed by atoms with Crippen LogP contribution in [0.25, 0.3) is 0 Å². The summed E-state index contributed by atoms with van der Waals surface area (Å²) in [4.78, 5) is 0. The highest BCUT2D eigenvalue weighted by Crippen LogP contribution is 2.47. The molecule has 0 radical (unpaired) electrons. The second-order valence-electron chi connectivity index (χ2n) is 10.9. The first-order valence-electron chi connectivity index (χ1n) is 12.2. The third kappa shape index (κ3) is 5.11. The van der Waals surface area contributed by atoms with Crippen LogP contribution in [-0.4, -0.2) is 35.5 Å². The molecule has 3 heteroatoms. The van der Waals surface area contributed by atoms with Gasteiger partial charge in [0.05, 0.1) is 13.2 Å². The van der Waals surface area contributed by atoms with E-state index in [9.17, 15) is 10.2 Å². The van der Waals surface area contributed by atoms with Crippen molar-refractivity contribution in [2.45, 2.75) is 84.6 Å². The first-order valence-corrected chi connectivity index (χ1v) is 12.2. The van der Waals surface area contributed by atoms with E-state index in [-0.39, 0.29) is 30.6 Å². The van der Waals surface area contributed by atoms with Crippen molar-refractivity contribution in [3.05, 3.63) is 69.8 Å². The van der Waals surface area contributed by atoms with Crippen molar-refractivity contribution in [2.24, 2.45) is 5.41 Å². The summed E-state index contributed by atoms with van der Waals surface area (Å²) >= 11 is 0. The van der Waals surface area contributed by atoms with Gasteiger partial charge in [-0.25, -0.2) is 0 Å². The fraction of sp³-hybridized carbons (Fsp3) is 0.586. The molecule has 1 aliphatic carbocycles. The molecule has 0 bridgehead atoms. The lowest BCUT2D eigenvalue weighted by atomic mass is 9.62. The van der Waals surface area contributed by atoms with Crippen LogP contribution in [-0.2, 0) is 0 Å². The van der Waals surface area contributed by atoms with Gasteiger partial charge >= 0.3 is 0 Å². The SMILES string of the molecule is Cc1cccc(C)c1C(CO)CNC1(C(CO)c2c(C)cccc2C)CCC(C)(C)CC1. The van der Waals surface area contributed by atoms with Gasteiger partial charge in [-0.15, -0.1) is 0 Å². The molecule has 2 aromatic rings. The molecule has 3 rings (SSSR count). The van der Waals surface area contributed by atoms with Crippen LogP contribution in [0.3, 0.4) is 0 Å². The number of hydrogen-bond acceptors (Lipinski definition) is 3. The van der Waals surface area contributed by atoms with Crippen LogP contribution in [0, 0.1) is 33.1 Å². The van der Waals surface area contributed by atoms with E-state index in [0.717, 1.165) is 25.7 Å². The molecule has 0 saturated heterocycles. The summed E-state index contributed by atoms with van der Waals surface area (Å²) in [5.41, 5.74) is 7.67. The Morgan fingerprint density at radius 2 is 1.22 bits per heavy atom. The molecule has 2 aromatic carbocycles. The quantitative estimate of drug-likeness (QED) is 0.496. The Kier molecular flexibility index (Phi) is 7.85. The molecule has 0 aliphatic heterocycles. The van der Waals surface area contributed by atoms with E-state index < -0.39 is 0 Å². The van der Waals surface area contributed by atoms with E-state index in [1.807, 2.05) is 0 Å². The van der Waals surface area contributed by atoms with Crippen molar-refractivity contribution in [3.8, 4) is 0 Å². The minimum Gasteiger partial charge on any atom is -0.396 e. The van der Waals surface area contributed by atoms with Crippen LogP contribution < -0.4 is 5.32 Å². The third-order valence-electron chi connectivity index (χ3n) is 8.11. The summed E-state index contributed by atoms with van der Waals surface area (Å²) in [5, 5.41) is 25.0. The standard InChI is InChI=1S/C29H43NO2/c1-20-9-7-10-21(2)26(20)24(18-31)17-30-29(15-13-28(5,6)14-16-29)25(19-32)27-22(3)11-8-12-23(27)4/h7-12,24-25,30-32H,13-19H2,1-6H3. The third-order valence-corrected chi connectivity index (χ3v) is 8.11. The van der Waals surface area contributed by atoms with Crippen LogP contribution in [0.5, 0.6) is 0 Å². The van der Waals surface area contributed by atoms with Crippen molar-refractivity contribution in [2.75, 3.05) is 19.8 Å². The summed E-state index contributed by atoms with van der Waals surface area (Å²) in [5.74, 6) is 0.0810. The van der Waals surface area contributed by atoms with Crippen molar-refractivity contribution in [1.29, 1.82) is 0 Å². The zero-order valence-electron chi connectivity index (χ0n) is 21.0. The van der Waals surface area contributed by atoms with Crippen LogP contribution in [0.15, 0.2) is 36.4 Å². The predicted octanol–water partition coefficient (Wildman–Crippen LogP) is 5.70. The van der Waals surface area contributed by atoms with Crippen LogP contribution in [0.4, 0.5) is 0 Å². The van der Waals surface area contributed by atoms with Gasteiger partial charge in [-0.1, -0.05) is 50.2 Å². The second kappa shape index (κ2) is 10.1. The van der Waals surface area contributed by atoms with Gasteiger partial charge in [0.1, 0.15) is 0 Å². The second-order valence-corrected chi connectivity index (χ2v) is 10.9. The summed E-state index contributed by atoms with van der Waals surface area (Å²) in [6, 6.07) is 12.8. The smallest absolute Gasteiger partial charge is 0.0517 e. The molecule has 0 spiro atoms. The number of benzene rings is 2. The van der Waals surface area contributed by atoms with Gasteiger partial charge in [0, 0.05) is 23.9 Å². The van der Waals surface area contributed by atoms with Gasteiger partial charge in [0.15, 0.2) is 0 Å². The van der Waals surface area contributed by atoms with Crippen LogP contribution in [0.2, 0.25) is 0 Å². The number of rotatable bonds is 8. The monoisotopic (exact) mass is 437 g/mol. The van der Waals surface area contributed by atoms with Gasteiger partial charge in [-0.2, -0.15) is 0 Å². The molecule has 0 aromatic heterocycles. The Hall–Kier alpha value is -1.68. The molecule has 3 nitrogen and oxygen atoms in total. The van der Waals surface area contributed by atoms with Crippen LogP contribution in [0.1, 0.15) is 84.7 Å². The lowest BCUT2D eigenvalue weighted by Crippen LogP contribution is -2.55. The average molecular weight is 438 g/mol. The van der Waals surface area contributed by atoms with Gasteiger partial charge in [-0.05, 0) is 92.2 Å². The summed E-state index contributed by atoms with van der Waals surface area (Å²) in [6.45, 7) is 14.3. The highest BCUT2D eigenvalue weighted by Gasteiger charge is 2.45. The number of hydrogen-bond donors (Lipinski definition) is 3. The van der Waals surface area contributed by atoms with Gasteiger partial charge in [-0.3, -0.25) is 0 Å². The fourth-order valence-corrected chi connectivity index (χ4v) is 6.00. The molecule has 32 heavy (non-hydrogen) atoms. The summed E-state index contributed by atoms with van der Waals surface area (Å²) in [6.07, 6.45) is 4.33. The lowest BCUT2D eigenvalue weighted by Gasteiger charge is -2.49.